The van der Waals surface area contributed by atoms with Crippen LogP contribution in [0.4, 0.5) is 9.39 Å². The molecule has 0 fully saturated rings. The number of hydrogen-bond donors (Lipinski definition) is 1. The molecule has 2 aromatic rings. The third-order valence-corrected chi connectivity index (χ3v) is 3.57. The van der Waals surface area contributed by atoms with E-state index in [1.54, 1.807) is 12.1 Å². The molecular formula is C13H12FNO2S. The van der Waals surface area contributed by atoms with Gasteiger partial charge in [0.2, 0.25) is 0 Å². The van der Waals surface area contributed by atoms with Crippen LogP contribution in [0.3, 0.4) is 0 Å². The van der Waals surface area contributed by atoms with Crippen LogP contribution >= 0.6 is 11.3 Å². The fourth-order valence-electron chi connectivity index (χ4n) is 1.84. The molecule has 1 aromatic heterocycles. The van der Waals surface area contributed by atoms with Crippen LogP contribution in [0.15, 0.2) is 24.3 Å². The summed E-state index contributed by atoms with van der Waals surface area (Å²) in [5.41, 5.74) is 7.65. The lowest BCUT2D eigenvalue weighted by molar-refractivity contribution is 0.0603. The number of benzene rings is 1. The van der Waals surface area contributed by atoms with Crippen molar-refractivity contribution in [2.75, 3.05) is 12.8 Å². The van der Waals surface area contributed by atoms with Gasteiger partial charge in [-0.2, -0.15) is 0 Å². The van der Waals surface area contributed by atoms with E-state index in [-0.39, 0.29) is 5.82 Å². The first kappa shape index (κ1) is 12.6. The van der Waals surface area contributed by atoms with Gasteiger partial charge in [0.1, 0.15) is 16.4 Å². The van der Waals surface area contributed by atoms with Crippen LogP contribution in [0.5, 0.6) is 0 Å². The number of esters is 1. The minimum atomic E-state index is -0.476. The van der Waals surface area contributed by atoms with E-state index in [2.05, 4.69) is 0 Å². The largest absolute Gasteiger partial charge is 0.465 e. The van der Waals surface area contributed by atoms with Crippen molar-refractivity contribution < 1.29 is 13.9 Å². The van der Waals surface area contributed by atoms with Gasteiger partial charge < -0.3 is 10.5 Å². The van der Waals surface area contributed by atoms with Crippen LogP contribution in [-0.2, 0) is 4.74 Å². The fraction of sp³-hybridized carbons (Fsp3) is 0.154. The second-order valence-electron chi connectivity index (χ2n) is 3.77. The molecule has 0 spiro atoms. The van der Waals surface area contributed by atoms with Crippen molar-refractivity contribution in [2.24, 2.45) is 0 Å². The van der Waals surface area contributed by atoms with E-state index in [4.69, 9.17) is 10.5 Å². The van der Waals surface area contributed by atoms with Gasteiger partial charge in [0.15, 0.2) is 0 Å². The second kappa shape index (κ2) is 4.78. The lowest BCUT2D eigenvalue weighted by Crippen LogP contribution is -2.04. The molecule has 0 aliphatic carbocycles. The number of hydrogen-bond acceptors (Lipinski definition) is 4. The molecule has 0 radical (unpaired) electrons. The molecule has 0 atom stereocenters. The first-order valence-electron chi connectivity index (χ1n) is 5.27. The number of rotatable bonds is 2. The Morgan fingerprint density at radius 3 is 2.50 bits per heavy atom. The van der Waals surface area contributed by atoms with Gasteiger partial charge in [-0.15, -0.1) is 11.3 Å². The Labute approximate surface area is 108 Å². The molecule has 2 N–H and O–H groups in total. The highest BCUT2D eigenvalue weighted by Gasteiger charge is 2.22. The zero-order chi connectivity index (χ0) is 13.3. The second-order valence-corrected chi connectivity index (χ2v) is 5.03. The van der Waals surface area contributed by atoms with E-state index in [0.717, 1.165) is 10.4 Å². The Balaban J connectivity index is 2.63. The van der Waals surface area contributed by atoms with E-state index in [1.165, 1.54) is 30.6 Å². The molecule has 0 saturated carbocycles. The minimum absolute atomic E-state index is 0.320. The fourth-order valence-corrected chi connectivity index (χ4v) is 2.77. The minimum Gasteiger partial charge on any atom is -0.465 e. The van der Waals surface area contributed by atoms with Crippen LogP contribution in [0.2, 0.25) is 0 Å². The molecule has 5 heteroatoms. The van der Waals surface area contributed by atoms with E-state index in [0.29, 0.717) is 16.1 Å². The number of thiophene rings is 1. The lowest BCUT2D eigenvalue weighted by atomic mass is 10.0. The van der Waals surface area contributed by atoms with Crippen molar-refractivity contribution in [3.8, 4) is 11.1 Å². The van der Waals surface area contributed by atoms with Crippen LogP contribution in [0.25, 0.3) is 11.1 Å². The van der Waals surface area contributed by atoms with Gasteiger partial charge in [-0.3, -0.25) is 0 Å². The highest BCUT2D eigenvalue weighted by molar-refractivity contribution is 7.16. The average Bonchev–Trinajstić information content (AvgIpc) is 2.64. The molecule has 1 heterocycles. The Bertz CT molecular complexity index is 590. The molecule has 0 bridgehead atoms. The average molecular weight is 265 g/mol. The number of anilines is 1. The monoisotopic (exact) mass is 265 g/mol. The molecule has 3 nitrogen and oxygen atoms in total. The Morgan fingerprint density at radius 1 is 1.33 bits per heavy atom. The van der Waals surface area contributed by atoms with Gasteiger partial charge in [0.25, 0.3) is 0 Å². The third-order valence-electron chi connectivity index (χ3n) is 2.63. The lowest BCUT2D eigenvalue weighted by Gasteiger charge is -2.05. The summed E-state index contributed by atoms with van der Waals surface area (Å²) in [6.07, 6.45) is 0. The first-order valence-corrected chi connectivity index (χ1v) is 6.09. The van der Waals surface area contributed by atoms with Crippen LogP contribution in [0.1, 0.15) is 15.2 Å². The summed E-state index contributed by atoms with van der Waals surface area (Å²) in [4.78, 5) is 12.6. The molecule has 0 aliphatic rings. The van der Waals surface area contributed by atoms with Crippen molar-refractivity contribution in [3.63, 3.8) is 0 Å². The van der Waals surface area contributed by atoms with E-state index >= 15 is 0 Å². The number of aryl methyl sites for hydroxylation is 1. The van der Waals surface area contributed by atoms with Crippen LogP contribution in [0, 0.1) is 12.7 Å². The van der Waals surface area contributed by atoms with Crippen LogP contribution in [-0.4, -0.2) is 13.1 Å². The molecule has 0 amide bonds. The van der Waals surface area contributed by atoms with Crippen molar-refractivity contribution in [1.82, 2.24) is 0 Å². The molecule has 94 valence electrons. The summed E-state index contributed by atoms with van der Waals surface area (Å²) in [5, 5.41) is 0.415. The number of methoxy groups -OCH3 is 1. The standard InChI is InChI=1S/C13H12FNO2S/c1-7-10(8-3-5-9(14)6-4-8)11(12(15)18-7)13(16)17-2/h3-6H,15H2,1-2H3. The van der Waals surface area contributed by atoms with E-state index in [9.17, 15) is 9.18 Å². The number of carbonyl (C=O) groups is 1. The zero-order valence-electron chi connectivity index (χ0n) is 9.99. The predicted octanol–water partition coefficient (Wildman–Crippen LogP) is 3.23. The van der Waals surface area contributed by atoms with Gasteiger partial charge in [0.05, 0.1) is 7.11 Å². The van der Waals surface area contributed by atoms with Crippen molar-refractivity contribution >= 4 is 22.3 Å². The number of nitrogens with two attached hydrogens (primary N) is 1. The van der Waals surface area contributed by atoms with Gasteiger partial charge >= 0.3 is 5.97 Å². The van der Waals surface area contributed by atoms with Gasteiger partial charge in [-0.1, -0.05) is 12.1 Å². The van der Waals surface area contributed by atoms with Gasteiger partial charge in [0, 0.05) is 10.4 Å². The summed E-state index contributed by atoms with van der Waals surface area (Å²) in [6.45, 7) is 1.87. The Hall–Kier alpha value is -1.88. The topological polar surface area (TPSA) is 52.3 Å². The summed E-state index contributed by atoms with van der Waals surface area (Å²) in [6, 6.07) is 5.94. The maximum atomic E-state index is 12.9. The summed E-state index contributed by atoms with van der Waals surface area (Å²) in [7, 11) is 1.31. The molecule has 0 saturated heterocycles. The van der Waals surface area contributed by atoms with Gasteiger partial charge in [-0.25, -0.2) is 9.18 Å². The summed E-state index contributed by atoms with van der Waals surface area (Å²) >= 11 is 1.32. The highest BCUT2D eigenvalue weighted by Crippen LogP contribution is 2.38. The maximum Gasteiger partial charge on any atom is 0.341 e. The number of ether oxygens (including phenoxy) is 1. The molecule has 18 heavy (non-hydrogen) atoms. The van der Waals surface area contributed by atoms with E-state index in [1.807, 2.05) is 6.92 Å². The Kier molecular flexibility index (Phi) is 3.34. The first-order chi connectivity index (χ1) is 8.54. The molecule has 1 aromatic carbocycles. The molecule has 2 rings (SSSR count). The molecule has 0 aliphatic heterocycles. The highest BCUT2D eigenvalue weighted by atomic mass is 32.1. The summed E-state index contributed by atoms with van der Waals surface area (Å²) in [5.74, 6) is -0.796. The molecular weight excluding hydrogens is 253 g/mol. The van der Waals surface area contributed by atoms with Gasteiger partial charge in [-0.05, 0) is 24.6 Å². The number of halogens is 1. The summed E-state index contributed by atoms with van der Waals surface area (Å²) < 4.78 is 17.6. The third kappa shape index (κ3) is 2.09. The van der Waals surface area contributed by atoms with E-state index < -0.39 is 5.97 Å². The maximum absolute atomic E-state index is 12.9. The van der Waals surface area contributed by atoms with Crippen molar-refractivity contribution in [2.45, 2.75) is 6.92 Å². The van der Waals surface area contributed by atoms with Crippen molar-refractivity contribution in [1.29, 1.82) is 0 Å². The Morgan fingerprint density at radius 2 is 1.94 bits per heavy atom. The zero-order valence-corrected chi connectivity index (χ0v) is 10.8. The number of nitrogen functional groups attached to an aromatic ring is 1. The SMILES string of the molecule is COC(=O)c1c(N)sc(C)c1-c1ccc(F)cc1. The smallest absolute Gasteiger partial charge is 0.341 e. The quantitative estimate of drug-likeness (QED) is 0.848. The van der Waals surface area contributed by atoms with Crippen LogP contribution < -0.4 is 5.73 Å². The predicted molar refractivity (Wildman–Crippen MR) is 70.2 cm³/mol. The normalized spacial score (nSPS) is 10.4. The van der Waals surface area contributed by atoms with Crippen molar-refractivity contribution in [3.05, 3.63) is 40.5 Å². The number of carbonyl (C=O) groups excluding carboxylic acids is 1. The molecule has 0 unspecified atom stereocenters.